The standard InChI is InChI=1S/C10H21NOS/c1-8-6-10(4-5-12,7-13-8)9(2,3)11/h8,12H,4-7,11H2,1-3H3. The summed E-state index contributed by atoms with van der Waals surface area (Å²) in [7, 11) is 0. The Hall–Kier alpha value is 0.270. The van der Waals surface area contributed by atoms with Gasteiger partial charge in [0.15, 0.2) is 0 Å². The third-order valence-corrected chi connectivity index (χ3v) is 4.73. The quantitative estimate of drug-likeness (QED) is 0.732. The molecule has 78 valence electrons. The molecule has 2 nitrogen and oxygen atoms in total. The summed E-state index contributed by atoms with van der Waals surface area (Å²) < 4.78 is 0. The maximum Gasteiger partial charge on any atom is 0.0437 e. The molecule has 0 aromatic heterocycles. The molecule has 1 heterocycles. The number of hydrogen-bond acceptors (Lipinski definition) is 3. The summed E-state index contributed by atoms with van der Waals surface area (Å²) in [5.74, 6) is 1.10. The van der Waals surface area contributed by atoms with Gasteiger partial charge in [0.2, 0.25) is 0 Å². The van der Waals surface area contributed by atoms with Crippen molar-refractivity contribution in [3.05, 3.63) is 0 Å². The zero-order chi connectivity index (χ0) is 10.1. The van der Waals surface area contributed by atoms with Crippen LogP contribution in [0.15, 0.2) is 0 Å². The van der Waals surface area contributed by atoms with Gasteiger partial charge in [-0.1, -0.05) is 6.92 Å². The lowest BCUT2D eigenvalue weighted by molar-refractivity contribution is 0.122. The fourth-order valence-electron chi connectivity index (χ4n) is 2.13. The first-order valence-corrected chi connectivity index (χ1v) is 5.97. The fraction of sp³-hybridized carbons (Fsp3) is 1.00. The maximum absolute atomic E-state index is 9.08. The lowest BCUT2D eigenvalue weighted by atomic mass is 9.68. The van der Waals surface area contributed by atoms with E-state index in [1.54, 1.807) is 0 Å². The van der Waals surface area contributed by atoms with Gasteiger partial charge in [0.1, 0.15) is 0 Å². The number of hydrogen-bond donors (Lipinski definition) is 2. The maximum atomic E-state index is 9.08. The summed E-state index contributed by atoms with van der Waals surface area (Å²) in [6.07, 6.45) is 1.98. The van der Waals surface area contributed by atoms with Crippen LogP contribution >= 0.6 is 11.8 Å². The van der Waals surface area contributed by atoms with Gasteiger partial charge in [0, 0.05) is 28.6 Å². The summed E-state index contributed by atoms with van der Waals surface area (Å²) >= 11 is 1.98. The number of nitrogens with two attached hydrogens (primary N) is 1. The molecule has 0 aromatic carbocycles. The highest BCUT2D eigenvalue weighted by Gasteiger charge is 2.46. The van der Waals surface area contributed by atoms with Crippen LogP contribution in [0.4, 0.5) is 0 Å². The van der Waals surface area contributed by atoms with Crippen LogP contribution in [0.25, 0.3) is 0 Å². The van der Waals surface area contributed by atoms with E-state index in [1.165, 1.54) is 0 Å². The van der Waals surface area contributed by atoms with Crippen molar-refractivity contribution in [2.45, 2.75) is 44.4 Å². The summed E-state index contributed by atoms with van der Waals surface area (Å²) in [6.45, 7) is 6.67. The fourth-order valence-corrected chi connectivity index (χ4v) is 3.80. The normalized spacial score (nSPS) is 35.3. The molecule has 3 heteroatoms. The molecule has 0 spiro atoms. The van der Waals surface area contributed by atoms with Crippen molar-refractivity contribution in [1.29, 1.82) is 0 Å². The smallest absolute Gasteiger partial charge is 0.0437 e. The third kappa shape index (κ3) is 2.20. The van der Waals surface area contributed by atoms with E-state index in [0.29, 0.717) is 5.25 Å². The van der Waals surface area contributed by atoms with Crippen molar-refractivity contribution in [1.82, 2.24) is 0 Å². The average Bonchev–Trinajstić information content (AvgIpc) is 2.32. The average molecular weight is 203 g/mol. The molecular formula is C10H21NOS. The highest BCUT2D eigenvalue weighted by Crippen LogP contribution is 2.49. The van der Waals surface area contributed by atoms with E-state index in [4.69, 9.17) is 10.8 Å². The molecule has 0 saturated carbocycles. The second kappa shape index (κ2) is 3.79. The lowest BCUT2D eigenvalue weighted by Gasteiger charge is -2.41. The lowest BCUT2D eigenvalue weighted by Crippen LogP contribution is -2.51. The van der Waals surface area contributed by atoms with Crippen LogP contribution in [0.2, 0.25) is 0 Å². The zero-order valence-corrected chi connectivity index (χ0v) is 9.66. The van der Waals surface area contributed by atoms with Crippen LogP contribution in [0.1, 0.15) is 33.6 Å². The Morgan fingerprint density at radius 1 is 1.62 bits per heavy atom. The Morgan fingerprint density at radius 3 is 2.54 bits per heavy atom. The predicted molar refractivity (Wildman–Crippen MR) is 58.9 cm³/mol. The minimum absolute atomic E-state index is 0.145. The second-order valence-electron chi connectivity index (χ2n) is 4.80. The van der Waals surface area contributed by atoms with E-state index in [1.807, 2.05) is 11.8 Å². The van der Waals surface area contributed by atoms with E-state index < -0.39 is 0 Å². The number of thioether (sulfide) groups is 1. The molecule has 3 N–H and O–H groups in total. The summed E-state index contributed by atoms with van der Waals surface area (Å²) in [4.78, 5) is 0. The zero-order valence-electron chi connectivity index (χ0n) is 8.84. The molecule has 2 atom stereocenters. The molecule has 0 radical (unpaired) electrons. The minimum atomic E-state index is -0.173. The molecule has 1 aliphatic rings. The van der Waals surface area contributed by atoms with Gasteiger partial charge in [-0.05, 0) is 26.7 Å². The largest absolute Gasteiger partial charge is 0.396 e. The first-order chi connectivity index (χ1) is 5.91. The Morgan fingerprint density at radius 2 is 2.23 bits per heavy atom. The molecule has 0 aliphatic carbocycles. The molecule has 0 aromatic rings. The monoisotopic (exact) mass is 203 g/mol. The van der Waals surface area contributed by atoms with Gasteiger partial charge in [-0.25, -0.2) is 0 Å². The van der Waals surface area contributed by atoms with E-state index in [9.17, 15) is 0 Å². The number of rotatable bonds is 3. The Balaban J connectivity index is 2.77. The first-order valence-electron chi connectivity index (χ1n) is 4.93. The van der Waals surface area contributed by atoms with Crippen LogP contribution in [0.5, 0.6) is 0 Å². The van der Waals surface area contributed by atoms with Gasteiger partial charge < -0.3 is 10.8 Å². The van der Waals surface area contributed by atoms with Crippen molar-refractivity contribution < 1.29 is 5.11 Å². The van der Waals surface area contributed by atoms with E-state index >= 15 is 0 Å². The molecule has 1 aliphatic heterocycles. The van der Waals surface area contributed by atoms with Gasteiger partial charge in [-0.2, -0.15) is 11.8 Å². The summed E-state index contributed by atoms with van der Waals surface area (Å²) in [5, 5.41) is 9.77. The van der Waals surface area contributed by atoms with Crippen molar-refractivity contribution in [2.75, 3.05) is 12.4 Å². The van der Waals surface area contributed by atoms with Crippen LogP contribution in [-0.4, -0.2) is 28.3 Å². The van der Waals surface area contributed by atoms with Crippen LogP contribution in [0, 0.1) is 5.41 Å². The van der Waals surface area contributed by atoms with Crippen molar-refractivity contribution >= 4 is 11.8 Å². The summed E-state index contributed by atoms with van der Waals surface area (Å²) in [5.41, 5.74) is 6.17. The van der Waals surface area contributed by atoms with Gasteiger partial charge in [0.25, 0.3) is 0 Å². The van der Waals surface area contributed by atoms with Crippen molar-refractivity contribution in [3.8, 4) is 0 Å². The minimum Gasteiger partial charge on any atom is -0.396 e. The van der Waals surface area contributed by atoms with Gasteiger partial charge >= 0.3 is 0 Å². The highest BCUT2D eigenvalue weighted by atomic mass is 32.2. The molecule has 2 unspecified atom stereocenters. The predicted octanol–water partition coefficient (Wildman–Crippen LogP) is 1.62. The Kier molecular flexibility index (Phi) is 3.31. The second-order valence-corrected chi connectivity index (χ2v) is 6.23. The Labute approximate surface area is 85.3 Å². The van der Waals surface area contributed by atoms with E-state index in [-0.39, 0.29) is 17.6 Å². The SMILES string of the molecule is CC1CC(CCO)(C(C)(C)N)CS1. The molecular weight excluding hydrogens is 182 g/mol. The molecule has 0 bridgehead atoms. The van der Waals surface area contributed by atoms with Gasteiger partial charge in [0.05, 0.1) is 0 Å². The van der Waals surface area contributed by atoms with Gasteiger partial charge in [-0.3, -0.25) is 0 Å². The van der Waals surface area contributed by atoms with E-state index in [0.717, 1.165) is 18.6 Å². The molecule has 1 rings (SSSR count). The van der Waals surface area contributed by atoms with Crippen LogP contribution in [0.3, 0.4) is 0 Å². The number of aliphatic hydroxyl groups is 1. The highest BCUT2D eigenvalue weighted by molar-refractivity contribution is 8.00. The third-order valence-electron chi connectivity index (χ3n) is 3.28. The van der Waals surface area contributed by atoms with Crippen molar-refractivity contribution in [3.63, 3.8) is 0 Å². The van der Waals surface area contributed by atoms with Gasteiger partial charge in [-0.15, -0.1) is 0 Å². The van der Waals surface area contributed by atoms with Crippen LogP contribution in [-0.2, 0) is 0 Å². The molecule has 1 fully saturated rings. The van der Waals surface area contributed by atoms with Crippen molar-refractivity contribution in [2.24, 2.45) is 11.1 Å². The molecule has 13 heavy (non-hydrogen) atoms. The van der Waals surface area contributed by atoms with Crippen LogP contribution < -0.4 is 5.73 Å². The molecule has 0 amide bonds. The van der Waals surface area contributed by atoms with E-state index in [2.05, 4.69) is 20.8 Å². The topological polar surface area (TPSA) is 46.2 Å². The summed E-state index contributed by atoms with van der Waals surface area (Å²) in [6, 6.07) is 0. The number of aliphatic hydroxyl groups excluding tert-OH is 1. The first kappa shape index (κ1) is 11.3. The molecule has 1 saturated heterocycles. The Bertz CT molecular complexity index is 174.